The van der Waals surface area contributed by atoms with Crippen LogP contribution in [0, 0.1) is 31.1 Å². The molecule has 4 unspecified atom stereocenters. The summed E-state index contributed by atoms with van der Waals surface area (Å²) in [7, 11) is 8.28. The predicted molar refractivity (Wildman–Crippen MR) is 184 cm³/mol. The normalized spacial score (nSPS) is 28.1. The zero-order valence-corrected chi connectivity index (χ0v) is 31.1. The average Bonchev–Trinajstić information content (AvgIpc) is 3.70. The fourth-order valence-electron chi connectivity index (χ4n) is 9.45. The third-order valence-electron chi connectivity index (χ3n) is 11.7. The second-order valence-electron chi connectivity index (χ2n) is 13.3. The molecule has 2 aromatic heterocycles. The molecule has 0 aromatic carbocycles. The van der Waals surface area contributed by atoms with Crippen LogP contribution in [0.25, 0.3) is 23.8 Å². The number of aliphatic carboxylic acids is 1. The fraction of sp³-hybridized carbons (Fsp3) is 0.472. The Hall–Kier alpha value is -2.58. The van der Waals surface area contributed by atoms with Crippen molar-refractivity contribution in [3.8, 4) is 0 Å². The van der Waals surface area contributed by atoms with E-state index < -0.39 is 35.1 Å². The van der Waals surface area contributed by atoms with Crippen molar-refractivity contribution in [1.29, 1.82) is 0 Å². The van der Waals surface area contributed by atoms with Gasteiger partial charge in [0.25, 0.3) is 0 Å². The molecular weight excluding hydrogens is 675 g/mol. The van der Waals surface area contributed by atoms with E-state index >= 15 is 0 Å². The van der Waals surface area contributed by atoms with Crippen molar-refractivity contribution in [2.45, 2.75) is 92.4 Å². The molecule has 6 bridgehead atoms. The van der Waals surface area contributed by atoms with E-state index in [2.05, 4.69) is 84.1 Å². The van der Waals surface area contributed by atoms with Crippen molar-refractivity contribution in [2.75, 3.05) is 0 Å². The Labute approximate surface area is 268 Å². The Morgan fingerprint density at radius 2 is 1.70 bits per heavy atom. The molecule has 1 N–H and O–H groups in total. The maximum absolute atomic E-state index is 13.1. The van der Waals surface area contributed by atoms with Gasteiger partial charge < -0.3 is 0 Å². The van der Waals surface area contributed by atoms with Crippen LogP contribution in [0.2, 0.25) is 4.94 Å². The van der Waals surface area contributed by atoms with Gasteiger partial charge in [0.1, 0.15) is 0 Å². The molecule has 0 fully saturated rings. The molecule has 0 saturated heterocycles. The molecular formula is C36H43ClN4O2Sn. The van der Waals surface area contributed by atoms with E-state index in [9.17, 15) is 9.90 Å². The third-order valence-corrected chi connectivity index (χ3v) is 21.3. The first-order chi connectivity index (χ1) is 20.9. The number of aliphatic imine (C=N–C) groups is 2. The van der Waals surface area contributed by atoms with Crippen LogP contribution in [0.15, 0.2) is 32.5 Å². The van der Waals surface area contributed by atoms with Crippen molar-refractivity contribution in [2.24, 2.45) is 27.2 Å². The van der Waals surface area contributed by atoms with E-state index in [0.29, 0.717) is 6.42 Å². The number of carbonyl (C=O) groups is 1. The zero-order chi connectivity index (χ0) is 31.6. The van der Waals surface area contributed by atoms with E-state index in [1.54, 1.807) is 0 Å². The Balaban J connectivity index is 1.78. The second-order valence-corrected chi connectivity index (χ2v) is 25.9. The van der Waals surface area contributed by atoms with Gasteiger partial charge in [-0.3, -0.25) is 0 Å². The summed E-state index contributed by atoms with van der Waals surface area (Å²) in [4.78, 5) is 26.1. The number of hydrogen-bond acceptors (Lipinski definition) is 3. The standard InChI is InChI=1S/C35H41N4O2.CH3.ClH.Sn/c1-9-21-17(5)27-15-31-23(11-3)19(7)32(38-31)24-13-25(34(40)41)35(12-4)20(8)28(39-33(24)35)16-30-22(10-2)18(6)26(37-30)14-29(21)36-27;;;/h14-16,20,25H,9-13H2,1-8H3,(H2-,36,37,38,39,40,41);1H3;1H;/q-1;;;+3/p-2. The molecule has 6 heterocycles. The first-order valence-electron chi connectivity index (χ1n) is 16.3. The van der Waals surface area contributed by atoms with Gasteiger partial charge in [-0.15, -0.1) is 0 Å². The van der Waals surface area contributed by atoms with Gasteiger partial charge in [0, 0.05) is 0 Å². The van der Waals surface area contributed by atoms with Crippen LogP contribution in [-0.4, -0.2) is 45.9 Å². The SMILES string of the molecule is CCC1=C(C)C2=Cc3c(CC)c(C)c4[n]3[Sn]([CH3])([Cl])[n]3c(c(C)c(CC)c3=CC3=NC5=C4CC(C(=O)O)C5(CC)C3C)=CC1=N2. The van der Waals surface area contributed by atoms with Crippen molar-refractivity contribution in [3.05, 3.63) is 66.9 Å². The molecule has 0 radical (unpaired) electrons. The predicted octanol–water partition coefficient (Wildman–Crippen LogP) is 6.65. The number of aromatic nitrogens is 2. The molecule has 6 nitrogen and oxygen atoms in total. The molecule has 230 valence electrons. The molecule has 1 aliphatic carbocycles. The number of nitrogens with zero attached hydrogens (tertiary/aromatic N) is 4. The number of allylic oxidation sites excluding steroid dienone is 4. The molecule has 0 amide bonds. The second kappa shape index (κ2) is 9.96. The molecule has 2 aromatic rings. The van der Waals surface area contributed by atoms with Gasteiger partial charge in [0.05, 0.1) is 0 Å². The number of carboxylic acid groups (broad SMARTS) is 1. The molecule has 44 heavy (non-hydrogen) atoms. The van der Waals surface area contributed by atoms with Crippen LogP contribution in [0.1, 0.15) is 94.4 Å². The Bertz CT molecular complexity index is 2000. The molecule has 0 spiro atoms. The van der Waals surface area contributed by atoms with Crippen LogP contribution < -0.4 is 10.7 Å². The van der Waals surface area contributed by atoms with Crippen LogP contribution in [0.4, 0.5) is 0 Å². The Morgan fingerprint density at radius 1 is 1.00 bits per heavy atom. The Kier molecular flexibility index (Phi) is 6.81. The van der Waals surface area contributed by atoms with Crippen LogP contribution >= 0.6 is 8.92 Å². The van der Waals surface area contributed by atoms with Crippen molar-refractivity contribution in [3.63, 3.8) is 0 Å². The Morgan fingerprint density at radius 3 is 2.32 bits per heavy atom. The number of fused-ring (bicyclic) bond motifs is 2. The van der Waals surface area contributed by atoms with Crippen molar-refractivity contribution < 1.29 is 9.90 Å². The van der Waals surface area contributed by atoms with Gasteiger partial charge in [-0.25, -0.2) is 0 Å². The summed E-state index contributed by atoms with van der Waals surface area (Å²) in [6, 6.07) is 0. The maximum atomic E-state index is 13.1. The minimum absolute atomic E-state index is 0.0268. The quantitative estimate of drug-likeness (QED) is 0.352. The topological polar surface area (TPSA) is 71.9 Å². The molecule has 4 atom stereocenters. The summed E-state index contributed by atoms with van der Waals surface area (Å²) in [5.41, 5.74) is 14.3. The van der Waals surface area contributed by atoms with E-state index in [4.69, 9.17) is 18.9 Å². The van der Waals surface area contributed by atoms with E-state index in [1.807, 2.05) is 0 Å². The van der Waals surface area contributed by atoms with Crippen LogP contribution in [0.3, 0.4) is 0 Å². The first kappa shape index (κ1) is 30.1. The third kappa shape index (κ3) is 3.53. The van der Waals surface area contributed by atoms with Gasteiger partial charge in [0.2, 0.25) is 0 Å². The van der Waals surface area contributed by atoms with Crippen LogP contribution in [0.5, 0.6) is 0 Å². The summed E-state index contributed by atoms with van der Waals surface area (Å²) in [5.74, 6) is -1.29. The molecule has 0 saturated carbocycles. The van der Waals surface area contributed by atoms with Gasteiger partial charge in [-0.1, -0.05) is 0 Å². The summed E-state index contributed by atoms with van der Waals surface area (Å²) in [6.07, 6.45) is 10.7. The number of carboxylic acids is 1. The van der Waals surface area contributed by atoms with Crippen molar-refractivity contribution >= 4 is 67.9 Å². The van der Waals surface area contributed by atoms with Crippen molar-refractivity contribution in [1.82, 2.24) is 5.58 Å². The van der Waals surface area contributed by atoms with E-state index in [1.165, 1.54) is 33.4 Å². The molecule has 5 aliphatic rings. The fourth-order valence-corrected chi connectivity index (χ4v) is 20.0. The number of halogens is 1. The van der Waals surface area contributed by atoms with Gasteiger partial charge in [-0.05, 0) is 0 Å². The summed E-state index contributed by atoms with van der Waals surface area (Å²) in [6.45, 7) is 17.7. The minimum atomic E-state index is -4.17. The van der Waals surface area contributed by atoms with E-state index in [0.717, 1.165) is 76.2 Å². The monoisotopic (exact) mass is 718 g/mol. The number of rotatable bonds is 5. The number of hydrogen-bond donors (Lipinski definition) is 1. The molecule has 4 aliphatic heterocycles. The van der Waals surface area contributed by atoms with Gasteiger partial charge in [0.15, 0.2) is 0 Å². The first-order valence-corrected chi connectivity index (χ1v) is 25.3. The summed E-state index contributed by atoms with van der Waals surface area (Å²) in [5, 5.41) is 13.0. The van der Waals surface area contributed by atoms with Gasteiger partial charge >= 0.3 is 270 Å². The van der Waals surface area contributed by atoms with Crippen LogP contribution in [-0.2, 0) is 17.6 Å². The van der Waals surface area contributed by atoms with E-state index in [-0.39, 0.29) is 5.92 Å². The summed E-state index contributed by atoms with van der Waals surface area (Å²) < 4.78 is 5.04. The average molecular weight is 718 g/mol. The van der Waals surface area contributed by atoms with Gasteiger partial charge in [-0.2, -0.15) is 0 Å². The molecule has 7 rings (SSSR count). The summed E-state index contributed by atoms with van der Waals surface area (Å²) >= 11 is -4.17. The zero-order valence-electron chi connectivity index (χ0n) is 27.4. The molecule has 8 heteroatoms.